The van der Waals surface area contributed by atoms with Crippen LogP contribution in [0, 0.1) is 0 Å². The summed E-state index contributed by atoms with van der Waals surface area (Å²) in [7, 11) is 0. The van der Waals surface area contributed by atoms with E-state index in [4.69, 9.17) is 9.47 Å². The van der Waals surface area contributed by atoms with Gasteiger partial charge in [0.2, 0.25) is 0 Å². The molecular weight excluding hydrogens is 264 g/mol. The number of hydrogen-bond donors (Lipinski definition) is 0. The van der Waals surface area contributed by atoms with E-state index in [0.29, 0.717) is 6.61 Å². The van der Waals surface area contributed by atoms with Crippen LogP contribution in [-0.2, 0) is 14.3 Å². The fraction of sp³-hybridized carbons (Fsp3) is 0.500. The number of hydrogen-bond acceptors (Lipinski definition) is 3. The Labute approximate surface area is 128 Å². The summed E-state index contributed by atoms with van der Waals surface area (Å²) in [5.74, 6) is -0.302. The summed E-state index contributed by atoms with van der Waals surface area (Å²) >= 11 is 0. The van der Waals surface area contributed by atoms with Crippen molar-refractivity contribution in [2.24, 2.45) is 0 Å². The minimum atomic E-state index is -0.574. The molecule has 1 rings (SSSR count). The molecule has 116 valence electrons. The summed E-state index contributed by atoms with van der Waals surface area (Å²) in [6.07, 6.45) is 5.43. The average Bonchev–Trinajstić information content (AvgIpc) is 2.52. The molecule has 3 nitrogen and oxygen atoms in total. The maximum Gasteiger partial charge on any atom is 0.346 e. The maximum atomic E-state index is 11.7. The van der Waals surface area contributed by atoms with E-state index in [1.165, 1.54) is 12.8 Å². The van der Waals surface area contributed by atoms with Crippen molar-refractivity contribution in [3.05, 3.63) is 42.2 Å². The highest BCUT2D eigenvalue weighted by Gasteiger charge is 2.14. The Morgan fingerprint density at radius 2 is 1.90 bits per heavy atom. The molecule has 0 saturated heterocycles. The molecule has 0 bridgehead atoms. The summed E-state index contributed by atoms with van der Waals surface area (Å²) < 4.78 is 10.7. The molecule has 0 radical (unpaired) electrons. The largest absolute Gasteiger partial charge is 0.486 e. The molecule has 0 aliphatic heterocycles. The number of carbonyl (C=O) groups is 1. The summed E-state index contributed by atoms with van der Waals surface area (Å²) in [6.45, 7) is 6.30. The van der Waals surface area contributed by atoms with Crippen LogP contribution in [0.25, 0.3) is 5.57 Å². The van der Waals surface area contributed by atoms with Crippen molar-refractivity contribution >= 4 is 11.5 Å². The second-order valence-corrected chi connectivity index (χ2v) is 5.17. The van der Waals surface area contributed by atoms with Gasteiger partial charge in [-0.05, 0) is 31.4 Å². The van der Waals surface area contributed by atoms with Crippen LogP contribution in [0.1, 0.15) is 52.0 Å². The normalized spacial score (nSPS) is 12.8. The van der Waals surface area contributed by atoms with Gasteiger partial charge in [0, 0.05) is 0 Å². The predicted molar refractivity (Wildman–Crippen MR) is 85.7 cm³/mol. The number of unbranched alkanes of at least 4 members (excludes halogenated alkanes) is 3. The van der Waals surface area contributed by atoms with Crippen LogP contribution in [0.2, 0.25) is 0 Å². The number of allylic oxidation sites excluding steroid dienone is 1. The molecule has 0 aromatic heterocycles. The Morgan fingerprint density at radius 3 is 2.57 bits per heavy atom. The molecule has 1 aromatic rings. The van der Waals surface area contributed by atoms with Crippen LogP contribution >= 0.6 is 0 Å². The number of benzene rings is 1. The quantitative estimate of drug-likeness (QED) is 0.379. The second kappa shape index (κ2) is 10.0. The van der Waals surface area contributed by atoms with Gasteiger partial charge in [0.1, 0.15) is 0 Å². The van der Waals surface area contributed by atoms with Crippen molar-refractivity contribution in [2.45, 2.75) is 52.6 Å². The summed E-state index contributed by atoms with van der Waals surface area (Å²) in [4.78, 5) is 11.7. The first-order chi connectivity index (χ1) is 10.1. The van der Waals surface area contributed by atoms with Crippen molar-refractivity contribution in [3.8, 4) is 0 Å². The molecule has 0 N–H and O–H groups in total. The van der Waals surface area contributed by atoms with E-state index in [2.05, 4.69) is 6.92 Å². The smallest absolute Gasteiger partial charge is 0.346 e. The lowest BCUT2D eigenvalue weighted by molar-refractivity contribution is -0.152. The van der Waals surface area contributed by atoms with E-state index in [-0.39, 0.29) is 5.97 Å². The third-order valence-electron chi connectivity index (χ3n) is 3.25. The highest BCUT2D eigenvalue weighted by Crippen LogP contribution is 2.13. The van der Waals surface area contributed by atoms with Crippen molar-refractivity contribution in [3.63, 3.8) is 0 Å². The van der Waals surface area contributed by atoms with Crippen LogP contribution < -0.4 is 0 Å². The SMILES string of the molecule is CCCCCCOC(=O)[C@H](C)OC=C(C)c1ccccc1. The molecule has 0 fully saturated rings. The van der Waals surface area contributed by atoms with E-state index in [1.807, 2.05) is 37.3 Å². The van der Waals surface area contributed by atoms with Crippen molar-refractivity contribution < 1.29 is 14.3 Å². The standard InChI is InChI=1S/C18H26O3/c1-4-5-6-10-13-20-18(19)16(3)21-14-15(2)17-11-8-7-9-12-17/h7-9,11-12,14,16H,4-6,10,13H2,1-3H3/t16-/m0/s1. The van der Waals surface area contributed by atoms with Crippen LogP contribution in [0.5, 0.6) is 0 Å². The van der Waals surface area contributed by atoms with Gasteiger partial charge in [0.15, 0.2) is 6.10 Å². The van der Waals surface area contributed by atoms with Gasteiger partial charge >= 0.3 is 5.97 Å². The van der Waals surface area contributed by atoms with Crippen LogP contribution in [0.15, 0.2) is 36.6 Å². The highest BCUT2D eigenvalue weighted by molar-refractivity contribution is 5.74. The minimum Gasteiger partial charge on any atom is -0.486 e. The van der Waals surface area contributed by atoms with Gasteiger partial charge in [-0.3, -0.25) is 0 Å². The molecule has 1 aromatic carbocycles. The maximum absolute atomic E-state index is 11.7. The number of rotatable bonds is 9. The number of ether oxygens (including phenoxy) is 2. The zero-order valence-corrected chi connectivity index (χ0v) is 13.3. The molecule has 0 aliphatic carbocycles. The first-order valence-corrected chi connectivity index (χ1v) is 7.69. The summed E-state index contributed by atoms with van der Waals surface area (Å²) in [5.41, 5.74) is 2.07. The number of carbonyl (C=O) groups excluding carboxylic acids is 1. The first-order valence-electron chi connectivity index (χ1n) is 7.69. The Balaban J connectivity index is 2.32. The number of esters is 1. The Morgan fingerprint density at radius 1 is 1.19 bits per heavy atom. The minimum absolute atomic E-state index is 0.302. The zero-order chi connectivity index (χ0) is 15.5. The van der Waals surface area contributed by atoms with Gasteiger partial charge in [0.05, 0.1) is 12.9 Å². The van der Waals surface area contributed by atoms with E-state index in [1.54, 1.807) is 13.2 Å². The summed E-state index contributed by atoms with van der Waals surface area (Å²) in [5, 5.41) is 0. The lowest BCUT2D eigenvalue weighted by Crippen LogP contribution is -2.22. The van der Waals surface area contributed by atoms with Crippen LogP contribution in [-0.4, -0.2) is 18.7 Å². The molecule has 0 aliphatic rings. The molecule has 0 saturated carbocycles. The molecule has 21 heavy (non-hydrogen) atoms. The molecule has 0 unspecified atom stereocenters. The molecule has 0 amide bonds. The van der Waals surface area contributed by atoms with Crippen LogP contribution in [0.3, 0.4) is 0 Å². The van der Waals surface area contributed by atoms with Crippen molar-refractivity contribution in [1.29, 1.82) is 0 Å². The van der Waals surface area contributed by atoms with Gasteiger partial charge in [0.25, 0.3) is 0 Å². The fourth-order valence-corrected chi connectivity index (χ4v) is 1.85. The van der Waals surface area contributed by atoms with Crippen molar-refractivity contribution in [2.75, 3.05) is 6.61 Å². The zero-order valence-electron chi connectivity index (χ0n) is 13.3. The van der Waals surface area contributed by atoms with Gasteiger partial charge in [-0.2, -0.15) is 0 Å². The third kappa shape index (κ3) is 6.98. The van der Waals surface area contributed by atoms with Gasteiger partial charge in [-0.25, -0.2) is 4.79 Å². The van der Waals surface area contributed by atoms with E-state index in [0.717, 1.165) is 24.0 Å². The average molecular weight is 290 g/mol. The Hall–Kier alpha value is -1.77. The third-order valence-corrected chi connectivity index (χ3v) is 3.25. The molecule has 1 atom stereocenters. The van der Waals surface area contributed by atoms with Gasteiger partial charge in [-0.15, -0.1) is 0 Å². The first kappa shape index (κ1) is 17.3. The monoisotopic (exact) mass is 290 g/mol. The molecule has 0 spiro atoms. The summed E-state index contributed by atoms with van der Waals surface area (Å²) in [6, 6.07) is 9.93. The molecule has 0 heterocycles. The van der Waals surface area contributed by atoms with E-state index >= 15 is 0 Å². The Kier molecular flexibility index (Phi) is 8.25. The predicted octanol–water partition coefficient (Wildman–Crippen LogP) is 4.58. The van der Waals surface area contributed by atoms with Gasteiger partial charge < -0.3 is 9.47 Å². The van der Waals surface area contributed by atoms with Crippen molar-refractivity contribution in [1.82, 2.24) is 0 Å². The Bertz CT molecular complexity index is 437. The highest BCUT2D eigenvalue weighted by atomic mass is 16.6. The van der Waals surface area contributed by atoms with Crippen LogP contribution in [0.4, 0.5) is 0 Å². The lowest BCUT2D eigenvalue weighted by atomic mass is 10.1. The topological polar surface area (TPSA) is 35.5 Å². The fourth-order valence-electron chi connectivity index (χ4n) is 1.85. The molecule has 3 heteroatoms. The second-order valence-electron chi connectivity index (χ2n) is 5.17. The molecular formula is C18H26O3. The van der Waals surface area contributed by atoms with Gasteiger partial charge in [-0.1, -0.05) is 56.5 Å². The lowest BCUT2D eigenvalue weighted by Gasteiger charge is -2.12. The van der Waals surface area contributed by atoms with E-state index < -0.39 is 6.10 Å². The van der Waals surface area contributed by atoms with E-state index in [9.17, 15) is 4.79 Å².